The molecule has 3 heteroatoms. The van der Waals surface area contributed by atoms with Gasteiger partial charge in [0.25, 0.3) is 0 Å². The predicted octanol–water partition coefficient (Wildman–Crippen LogP) is 3.43. The molecule has 0 rings (SSSR count). The Kier molecular flexibility index (Phi) is 18.2. The fourth-order valence-corrected chi connectivity index (χ4v) is 0.500. The first-order valence-corrected chi connectivity index (χ1v) is 6.75. The summed E-state index contributed by atoms with van der Waals surface area (Å²) in [6.07, 6.45) is 5.54. The Balaban J connectivity index is 0. The van der Waals surface area contributed by atoms with E-state index in [-0.39, 0.29) is 4.84 Å². The van der Waals surface area contributed by atoms with E-state index in [4.69, 9.17) is 23.2 Å². The van der Waals surface area contributed by atoms with Crippen LogP contribution < -0.4 is 0 Å². The van der Waals surface area contributed by atoms with E-state index in [2.05, 4.69) is 13.8 Å². The van der Waals surface area contributed by atoms with Crippen molar-refractivity contribution >= 4 is 39.5 Å². The van der Waals surface area contributed by atoms with Crippen molar-refractivity contribution in [2.24, 2.45) is 0 Å². The van der Waals surface area contributed by atoms with E-state index in [0.29, 0.717) is 0 Å². The first kappa shape index (κ1) is 14.6. The summed E-state index contributed by atoms with van der Waals surface area (Å²) in [5.41, 5.74) is 0. The topological polar surface area (TPSA) is 0 Å². The molecule has 0 bridgehead atoms. The zero-order valence-electron chi connectivity index (χ0n) is 7.87. The smallest absolute Gasteiger partial charge is 0.107 e. The Morgan fingerprint density at radius 1 is 1.09 bits per heavy atom. The van der Waals surface area contributed by atoms with Gasteiger partial charge in [0.15, 0.2) is 0 Å². The zero-order valence-corrected chi connectivity index (χ0v) is 11.4. The third-order valence-electron chi connectivity index (χ3n) is 1.27. The minimum atomic E-state index is -0.110. The van der Waals surface area contributed by atoms with E-state index in [1.165, 1.54) is 25.7 Å². The van der Waals surface area contributed by atoms with E-state index >= 15 is 0 Å². The Labute approximate surface area is 89.1 Å². The Hall–Kier alpha value is 1.11. The van der Waals surface area contributed by atoms with Gasteiger partial charge in [-0.2, -0.15) is 0 Å². The van der Waals surface area contributed by atoms with E-state index in [0.717, 1.165) is 21.6 Å². The highest BCUT2D eigenvalue weighted by molar-refractivity contribution is 6.46. The maximum absolute atomic E-state index is 5.26. The fraction of sp³-hybridized carbons (Fsp3) is 1.00. The van der Waals surface area contributed by atoms with Crippen LogP contribution in [0.2, 0.25) is 5.28 Å². The molecule has 0 amide bonds. The molecule has 0 aromatic heterocycles. The summed E-state index contributed by atoms with van der Waals surface area (Å²) in [4.78, 5) is -0.110. The lowest BCUT2D eigenvalue weighted by Crippen LogP contribution is -1.79. The average Bonchev–Trinajstić information content (AvgIpc) is 2.02. The van der Waals surface area contributed by atoms with Gasteiger partial charge in [0.2, 0.25) is 16.3 Å². The molecule has 0 N–H and O–H groups in total. The van der Waals surface area contributed by atoms with Crippen LogP contribution in [0, 0.1) is 0 Å². The van der Waals surface area contributed by atoms with Crippen molar-refractivity contribution in [2.75, 3.05) is 0 Å². The molecule has 0 aliphatic heterocycles. The van der Waals surface area contributed by atoms with Crippen LogP contribution in [-0.2, 0) is 0 Å². The molecule has 0 saturated carbocycles. The van der Waals surface area contributed by atoms with Crippen LogP contribution >= 0.6 is 23.2 Å². The number of halogens is 2. The summed E-state index contributed by atoms with van der Waals surface area (Å²) in [6, 6.07) is 0. The summed E-state index contributed by atoms with van der Waals surface area (Å²) < 4.78 is 0. The second kappa shape index (κ2) is 13.7. The summed E-state index contributed by atoms with van der Waals surface area (Å²) >= 11 is 11.6. The van der Waals surface area contributed by atoms with Gasteiger partial charge >= 0.3 is 0 Å². The van der Waals surface area contributed by atoms with Crippen molar-refractivity contribution in [3.05, 3.63) is 0 Å². The molecule has 0 nitrogen and oxygen atoms in total. The molecule has 0 aliphatic carbocycles. The van der Waals surface area contributed by atoms with E-state index in [1.807, 2.05) is 0 Å². The van der Waals surface area contributed by atoms with Gasteiger partial charge in [0, 0.05) is 0 Å². The van der Waals surface area contributed by atoms with Crippen molar-refractivity contribution in [3.63, 3.8) is 0 Å². The molecule has 11 heavy (non-hydrogen) atoms. The SMILES string of the molecule is CCCCCC.[AlH2][CH2]C(Cl)Cl. The first-order valence-electron chi connectivity index (χ1n) is 4.47. The lowest BCUT2D eigenvalue weighted by molar-refractivity contribution is 0.702. The van der Waals surface area contributed by atoms with E-state index in [1.54, 1.807) is 0 Å². The Morgan fingerprint density at radius 2 is 1.36 bits per heavy atom. The largest absolute Gasteiger partial charge is 0.216 e. The molecular weight excluding hydrogens is 194 g/mol. The van der Waals surface area contributed by atoms with Gasteiger partial charge < -0.3 is 0 Å². The van der Waals surface area contributed by atoms with Gasteiger partial charge in [-0.05, 0) is 0 Å². The number of hydrogen-bond acceptors (Lipinski definition) is 0. The van der Waals surface area contributed by atoms with E-state index in [9.17, 15) is 0 Å². The van der Waals surface area contributed by atoms with E-state index < -0.39 is 0 Å². The first-order chi connectivity index (χ1) is 5.18. The Morgan fingerprint density at radius 3 is 1.45 bits per heavy atom. The number of unbranched alkanes of at least 4 members (excludes halogenated alkanes) is 3. The highest BCUT2D eigenvalue weighted by Gasteiger charge is 1.87. The van der Waals surface area contributed by atoms with Crippen LogP contribution in [0.1, 0.15) is 39.5 Å². The van der Waals surface area contributed by atoms with Crippen LogP contribution in [-0.4, -0.2) is 21.1 Å². The third-order valence-corrected chi connectivity index (χ3v) is 3.73. The standard InChI is InChI=1S/C6H14.C2H3Cl2.Al.2H/c1-3-5-6-4-2;1-2(3)4;;;/h3-6H2,1-2H3;2H,1H2;;;. The van der Waals surface area contributed by atoms with Crippen LogP contribution in [0.5, 0.6) is 0 Å². The quantitative estimate of drug-likeness (QED) is 0.381. The van der Waals surface area contributed by atoms with Crippen molar-refractivity contribution in [3.8, 4) is 0 Å². The van der Waals surface area contributed by atoms with Crippen LogP contribution in [0.25, 0.3) is 0 Å². The van der Waals surface area contributed by atoms with Gasteiger partial charge in [0.1, 0.15) is 0 Å². The normalized spacial score (nSPS) is 9.18. The molecule has 68 valence electrons. The highest BCUT2D eigenvalue weighted by atomic mass is 35.5. The van der Waals surface area contributed by atoms with Crippen molar-refractivity contribution in [1.82, 2.24) is 0 Å². The summed E-state index contributed by atoms with van der Waals surface area (Å²) in [7, 11) is 0. The maximum Gasteiger partial charge on any atom is 0.216 e. The molecule has 0 unspecified atom stereocenters. The molecule has 0 heterocycles. The minimum Gasteiger partial charge on any atom is -0.107 e. The molecule has 0 atom stereocenters. The molecular formula is C8H19AlCl2. The number of hydrogen-bond donors (Lipinski definition) is 0. The third kappa shape index (κ3) is 24.7. The molecule has 0 spiro atoms. The highest BCUT2D eigenvalue weighted by Crippen LogP contribution is 2.02. The monoisotopic (exact) mass is 212 g/mol. The predicted molar refractivity (Wildman–Crippen MR) is 58.7 cm³/mol. The van der Waals surface area contributed by atoms with Crippen molar-refractivity contribution in [1.29, 1.82) is 0 Å². The zero-order chi connectivity index (χ0) is 9.11. The van der Waals surface area contributed by atoms with Crippen molar-refractivity contribution in [2.45, 2.75) is 49.6 Å². The number of rotatable bonds is 4. The van der Waals surface area contributed by atoms with Gasteiger partial charge in [-0.3, -0.25) is 0 Å². The van der Waals surface area contributed by atoms with Crippen LogP contribution in [0.4, 0.5) is 0 Å². The van der Waals surface area contributed by atoms with Gasteiger partial charge in [0.05, 0.1) is 4.84 Å². The second-order valence-corrected chi connectivity index (χ2v) is 4.60. The Bertz CT molecular complexity index is 54.1. The van der Waals surface area contributed by atoms with Gasteiger partial charge in [-0.1, -0.05) is 44.8 Å². The molecule has 0 aromatic rings. The van der Waals surface area contributed by atoms with Crippen LogP contribution in [0.3, 0.4) is 0 Å². The minimum absolute atomic E-state index is 0.110. The second-order valence-electron chi connectivity index (χ2n) is 2.51. The summed E-state index contributed by atoms with van der Waals surface area (Å²) in [5, 5.41) is 0.975. The molecule has 0 fully saturated rings. The average molecular weight is 213 g/mol. The van der Waals surface area contributed by atoms with Gasteiger partial charge in [-0.15, -0.1) is 23.2 Å². The molecule has 0 aliphatic rings. The maximum atomic E-state index is 5.26. The lowest BCUT2D eigenvalue weighted by Gasteiger charge is -1.86. The molecule has 0 saturated heterocycles. The lowest BCUT2D eigenvalue weighted by atomic mass is 10.2. The summed E-state index contributed by atoms with van der Waals surface area (Å²) in [5.74, 6) is 0. The molecule has 0 radical (unpaired) electrons. The number of alkyl halides is 2. The van der Waals surface area contributed by atoms with Crippen molar-refractivity contribution < 1.29 is 0 Å². The summed E-state index contributed by atoms with van der Waals surface area (Å²) in [6.45, 7) is 4.46. The van der Waals surface area contributed by atoms with Gasteiger partial charge in [-0.25, -0.2) is 0 Å². The molecule has 0 aromatic carbocycles. The van der Waals surface area contributed by atoms with Crippen LogP contribution in [0.15, 0.2) is 0 Å². The fourth-order valence-electron chi connectivity index (χ4n) is 0.500.